The molecular weight excluding hydrogens is 284 g/mol. The number of thiophene rings is 1. The average Bonchev–Trinajstić information content (AvgIpc) is 2.83. The summed E-state index contributed by atoms with van der Waals surface area (Å²) in [7, 11) is 3.26. The maximum Gasteiger partial charge on any atom is 0.128 e. The van der Waals surface area contributed by atoms with E-state index in [1.807, 2.05) is 18.2 Å². The Morgan fingerprint density at radius 3 is 2.62 bits per heavy atom. The summed E-state index contributed by atoms with van der Waals surface area (Å²) in [6.07, 6.45) is 1.80. The third-order valence-electron chi connectivity index (χ3n) is 3.30. The van der Waals surface area contributed by atoms with E-state index in [2.05, 4.69) is 13.0 Å². The van der Waals surface area contributed by atoms with Gasteiger partial charge in [-0.1, -0.05) is 13.3 Å². The third-order valence-corrected chi connectivity index (χ3v) is 4.49. The van der Waals surface area contributed by atoms with Gasteiger partial charge in [-0.3, -0.25) is 0 Å². The van der Waals surface area contributed by atoms with Gasteiger partial charge in [0, 0.05) is 10.4 Å². The molecule has 21 heavy (non-hydrogen) atoms. The molecule has 0 saturated carbocycles. The lowest BCUT2D eigenvalue weighted by Crippen LogP contribution is -1.95. The molecule has 1 aromatic heterocycles. The molecule has 0 bridgehead atoms. The second-order valence-corrected chi connectivity index (χ2v) is 5.60. The van der Waals surface area contributed by atoms with E-state index < -0.39 is 0 Å². The van der Waals surface area contributed by atoms with Crippen molar-refractivity contribution in [1.82, 2.24) is 0 Å². The lowest BCUT2D eigenvalue weighted by atomic mass is 10.0. The van der Waals surface area contributed by atoms with Crippen LogP contribution in [-0.2, 0) is 6.42 Å². The summed E-state index contributed by atoms with van der Waals surface area (Å²) in [6.45, 7) is 2.09. The summed E-state index contributed by atoms with van der Waals surface area (Å²) >= 11 is 1.41. The molecule has 0 atom stereocenters. The first kappa shape index (κ1) is 15.2. The number of nitrogens with two attached hydrogens (primary N) is 1. The van der Waals surface area contributed by atoms with Gasteiger partial charge in [0.1, 0.15) is 22.4 Å². The van der Waals surface area contributed by atoms with E-state index >= 15 is 0 Å². The van der Waals surface area contributed by atoms with E-state index in [1.54, 1.807) is 14.2 Å². The normalized spacial score (nSPS) is 10.2. The standard InChI is InChI=1S/C16H18N2O2S/c1-4-5-11-15(18)14(9-17)21-16(11)12-8-10(19-2)6-7-13(12)20-3/h6-8H,4-5,18H2,1-3H3. The van der Waals surface area contributed by atoms with Crippen LogP contribution in [-0.4, -0.2) is 14.2 Å². The molecule has 0 aliphatic heterocycles. The van der Waals surface area contributed by atoms with Crippen molar-refractivity contribution in [1.29, 1.82) is 5.26 Å². The molecule has 2 N–H and O–H groups in total. The summed E-state index contributed by atoms with van der Waals surface area (Å²) < 4.78 is 10.7. The summed E-state index contributed by atoms with van der Waals surface area (Å²) in [6, 6.07) is 7.81. The summed E-state index contributed by atoms with van der Waals surface area (Å²) in [5, 5.41) is 9.22. The largest absolute Gasteiger partial charge is 0.497 e. The third kappa shape index (κ3) is 2.81. The van der Waals surface area contributed by atoms with Crippen molar-refractivity contribution in [2.45, 2.75) is 19.8 Å². The van der Waals surface area contributed by atoms with Crippen LogP contribution in [0.3, 0.4) is 0 Å². The minimum Gasteiger partial charge on any atom is -0.497 e. The molecule has 110 valence electrons. The first-order chi connectivity index (χ1) is 10.2. The van der Waals surface area contributed by atoms with Crippen molar-refractivity contribution >= 4 is 17.0 Å². The topological polar surface area (TPSA) is 68.3 Å². The molecule has 0 fully saturated rings. The Labute approximate surface area is 128 Å². The van der Waals surface area contributed by atoms with E-state index in [0.717, 1.165) is 40.3 Å². The molecule has 0 amide bonds. The fraction of sp³-hybridized carbons (Fsp3) is 0.312. The van der Waals surface area contributed by atoms with Crippen LogP contribution in [0, 0.1) is 11.3 Å². The zero-order valence-corrected chi connectivity index (χ0v) is 13.2. The van der Waals surface area contributed by atoms with Crippen molar-refractivity contribution in [3.63, 3.8) is 0 Å². The Balaban J connectivity index is 2.68. The zero-order chi connectivity index (χ0) is 15.4. The molecule has 2 rings (SSSR count). The van der Waals surface area contributed by atoms with Crippen molar-refractivity contribution in [3.05, 3.63) is 28.6 Å². The Kier molecular flexibility index (Phi) is 4.71. The molecule has 1 heterocycles. The van der Waals surface area contributed by atoms with Crippen LogP contribution in [0.25, 0.3) is 10.4 Å². The van der Waals surface area contributed by atoms with Crippen molar-refractivity contribution in [2.75, 3.05) is 20.0 Å². The van der Waals surface area contributed by atoms with Gasteiger partial charge in [0.05, 0.1) is 19.9 Å². The van der Waals surface area contributed by atoms with E-state index in [-0.39, 0.29) is 0 Å². The highest BCUT2D eigenvalue weighted by atomic mass is 32.1. The minimum absolute atomic E-state index is 0.554. The SMILES string of the molecule is CCCc1c(-c2cc(OC)ccc2OC)sc(C#N)c1N. The van der Waals surface area contributed by atoms with Gasteiger partial charge in [0.2, 0.25) is 0 Å². The van der Waals surface area contributed by atoms with Gasteiger partial charge < -0.3 is 15.2 Å². The molecule has 2 aromatic rings. The van der Waals surface area contributed by atoms with Gasteiger partial charge in [0.25, 0.3) is 0 Å². The Morgan fingerprint density at radius 2 is 2.05 bits per heavy atom. The molecule has 0 spiro atoms. The number of nitriles is 1. The quantitative estimate of drug-likeness (QED) is 0.911. The highest BCUT2D eigenvalue weighted by Crippen LogP contribution is 2.43. The molecule has 0 unspecified atom stereocenters. The molecule has 0 aliphatic carbocycles. The number of hydrogen-bond acceptors (Lipinski definition) is 5. The maximum absolute atomic E-state index is 9.22. The van der Waals surface area contributed by atoms with Crippen molar-refractivity contribution in [2.24, 2.45) is 0 Å². The van der Waals surface area contributed by atoms with Crippen LogP contribution in [0.1, 0.15) is 23.8 Å². The van der Waals surface area contributed by atoms with E-state index in [0.29, 0.717) is 10.6 Å². The summed E-state index contributed by atoms with van der Waals surface area (Å²) in [5.74, 6) is 1.50. The second kappa shape index (κ2) is 6.51. The highest BCUT2D eigenvalue weighted by Gasteiger charge is 2.19. The fourth-order valence-corrected chi connectivity index (χ4v) is 3.36. The van der Waals surface area contributed by atoms with Gasteiger partial charge >= 0.3 is 0 Å². The predicted molar refractivity (Wildman–Crippen MR) is 86.0 cm³/mol. The molecular formula is C16H18N2O2S. The van der Waals surface area contributed by atoms with Crippen LogP contribution in [0.5, 0.6) is 11.5 Å². The van der Waals surface area contributed by atoms with E-state index in [4.69, 9.17) is 15.2 Å². The Bertz CT molecular complexity index is 686. The second-order valence-electron chi connectivity index (χ2n) is 4.58. The number of nitrogens with zero attached hydrogens (tertiary/aromatic N) is 1. The summed E-state index contributed by atoms with van der Waals surface area (Å²) in [4.78, 5) is 1.54. The zero-order valence-electron chi connectivity index (χ0n) is 12.4. The van der Waals surface area contributed by atoms with Gasteiger partial charge in [-0.05, 0) is 30.2 Å². The van der Waals surface area contributed by atoms with E-state index in [9.17, 15) is 5.26 Å². The molecule has 4 nitrogen and oxygen atoms in total. The number of nitrogen functional groups attached to an aromatic ring is 1. The van der Waals surface area contributed by atoms with Crippen molar-refractivity contribution in [3.8, 4) is 28.0 Å². The predicted octanol–water partition coefficient (Wildman–Crippen LogP) is 3.84. The molecule has 5 heteroatoms. The van der Waals surface area contributed by atoms with Crippen LogP contribution in [0.4, 0.5) is 5.69 Å². The Morgan fingerprint density at radius 1 is 1.29 bits per heavy atom. The van der Waals surface area contributed by atoms with Crippen LogP contribution in [0.2, 0.25) is 0 Å². The monoisotopic (exact) mass is 302 g/mol. The first-order valence-electron chi connectivity index (χ1n) is 6.69. The molecule has 1 aromatic carbocycles. The number of anilines is 1. The number of methoxy groups -OCH3 is 2. The van der Waals surface area contributed by atoms with Gasteiger partial charge in [-0.15, -0.1) is 11.3 Å². The number of rotatable bonds is 5. The van der Waals surface area contributed by atoms with Crippen molar-refractivity contribution < 1.29 is 9.47 Å². The van der Waals surface area contributed by atoms with Gasteiger partial charge in [-0.2, -0.15) is 5.26 Å². The molecule has 0 radical (unpaired) electrons. The minimum atomic E-state index is 0.554. The summed E-state index contributed by atoms with van der Waals surface area (Å²) in [5.41, 5.74) is 8.64. The smallest absolute Gasteiger partial charge is 0.128 e. The average molecular weight is 302 g/mol. The molecule has 0 saturated heterocycles. The maximum atomic E-state index is 9.22. The van der Waals surface area contributed by atoms with Crippen LogP contribution >= 0.6 is 11.3 Å². The van der Waals surface area contributed by atoms with Crippen LogP contribution in [0.15, 0.2) is 18.2 Å². The Hall–Kier alpha value is -2.19. The number of hydrogen-bond donors (Lipinski definition) is 1. The number of benzene rings is 1. The van der Waals surface area contributed by atoms with Crippen LogP contribution < -0.4 is 15.2 Å². The van der Waals surface area contributed by atoms with Gasteiger partial charge in [-0.25, -0.2) is 0 Å². The lowest BCUT2D eigenvalue weighted by Gasteiger charge is -2.11. The number of ether oxygens (including phenoxy) is 2. The van der Waals surface area contributed by atoms with Gasteiger partial charge in [0.15, 0.2) is 0 Å². The highest BCUT2D eigenvalue weighted by molar-refractivity contribution is 7.16. The lowest BCUT2D eigenvalue weighted by molar-refractivity contribution is 0.404. The first-order valence-corrected chi connectivity index (χ1v) is 7.51. The van der Waals surface area contributed by atoms with E-state index in [1.165, 1.54) is 11.3 Å². The fourth-order valence-electron chi connectivity index (χ4n) is 2.27. The molecule has 0 aliphatic rings.